The molecule has 1 amide bonds. The third-order valence-corrected chi connectivity index (χ3v) is 6.41. The van der Waals surface area contributed by atoms with Gasteiger partial charge in [0.15, 0.2) is 11.5 Å². The van der Waals surface area contributed by atoms with Crippen LogP contribution in [0.5, 0.6) is 17.2 Å². The summed E-state index contributed by atoms with van der Waals surface area (Å²) in [5.74, 6) is -0.499. The summed E-state index contributed by atoms with van der Waals surface area (Å²) in [7, 11) is 6.86. The highest BCUT2D eigenvalue weighted by Crippen LogP contribution is 2.45. The molecule has 3 aromatic rings. The number of carbonyl (C=O) groups is 2. The summed E-state index contributed by atoms with van der Waals surface area (Å²) >= 11 is 0. The molecule has 1 N–H and O–H groups in total. The quantitative estimate of drug-likeness (QED) is 0.238. The lowest BCUT2D eigenvalue weighted by Gasteiger charge is -2.27. The van der Waals surface area contributed by atoms with E-state index in [1.54, 1.807) is 36.4 Å². The molecule has 0 bridgehead atoms. The van der Waals surface area contributed by atoms with Gasteiger partial charge in [0.1, 0.15) is 11.5 Å². The number of para-hydroxylation sites is 2. The second-order valence-corrected chi connectivity index (χ2v) is 9.04. The molecule has 198 valence electrons. The van der Waals surface area contributed by atoms with E-state index in [-0.39, 0.29) is 11.3 Å². The van der Waals surface area contributed by atoms with Crippen molar-refractivity contribution in [3.05, 3.63) is 83.4 Å². The summed E-state index contributed by atoms with van der Waals surface area (Å²) in [4.78, 5) is 30.5. The normalized spacial score (nSPS) is 16.4. The third-order valence-electron chi connectivity index (χ3n) is 6.41. The zero-order valence-corrected chi connectivity index (χ0v) is 22.2. The van der Waals surface area contributed by atoms with Crippen molar-refractivity contribution in [3.63, 3.8) is 0 Å². The summed E-state index contributed by atoms with van der Waals surface area (Å²) in [6.45, 7) is 2.44. The summed E-state index contributed by atoms with van der Waals surface area (Å²) < 4.78 is 16.6. The Morgan fingerprint density at radius 2 is 1.61 bits per heavy atom. The third kappa shape index (κ3) is 4.89. The minimum atomic E-state index is -0.884. The van der Waals surface area contributed by atoms with Gasteiger partial charge in [-0.3, -0.25) is 14.5 Å². The molecule has 3 aromatic carbocycles. The van der Waals surface area contributed by atoms with E-state index in [1.165, 1.54) is 19.1 Å². The molecule has 1 saturated heterocycles. The van der Waals surface area contributed by atoms with Crippen molar-refractivity contribution in [2.45, 2.75) is 19.4 Å². The van der Waals surface area contributed by atoms with Crippen LogP contribution < -0.4 is 24.0 Å². The van der Waals surface area contributed by atoms with Crippen molar-refractivity contribution in [2.24, 2.45) is 0 Å². The van der Waals surface area contributed by atoms with E-state index >= 15 is 0 Å². The number of Topliss-reactive ketones (excluding diaryl/α,β-unsaturated/α-hetero) is 1. The van der Waals surface area contributed by atoms with Crippen LogP contribution in [0, 0.1) is 0 Å². The van der Waals surface area contributed by atoms with E-state index in [0.717, 1.165) is 12.1 Å². The van der Waals surface area contributed by atoms with Gasteiger partial charge in [0.25, 0.3) is 11.7 Å². The summed E-state index contributed by atoms with van der Waals surface area (Å²) in [6.07, 6.45) is 0.780. The van der Waals surface area contributed by atoms with Gasteiger partial charge in [-0.2, -0.15) is 0 Å². The standard InChI is InChI=1S/C30H32N2O6/c1-6-17-38-23-10-8-7-9-22(23)32-27(19-11-14-21(15-12-19)31(2)3)26(29(34)30(32)35)28(33)20-13-16-24(36-4)25(18-20)37-5/h7-16,18,27,33H,6,17H2,1-5H3/b28-26-. The lowest BCUT2D eigenvalue weighted by molar-refractivity contribution is -0.132. The number of rotatable bonds is 9. The number of hydrogen-bond donors (Lipinski definition) is 1. The number of aliphatic hydroxyl groups is 1. The van der Waals surface area contributed by atoms with Gasteiger partial charge < -0.3 is 24.2 Å². The number of amides is 1. The predicted octanol–water partition coefficient (Wildman–Crippen LogP) is 5.18. The van der Waals surface area contributed by atoms with Crippen molar-refractivity contribution in [1.29, 1.82) is 0 Å². The Bertz CT molecular complexity index is 1360. The molecule has 8 heteroatoms. The van der Waals surface area contributed by atoms with Crippen molar-refractivity contribution in [2.75, 3.05) is 44.7 Å². The first-order valence-electron chi connectivity index (χ1n) is 12.3. The van der Waals surface area contributed by atoms with Crippen LogP contribution in [0.25, 0.3) is 5.76 Å². The van der Waals surface area contributed by atoms with Crippen LogP contribution in [0.2, 0.25) is 0 Å². The van der Waals surface area contributed by atoms with Crippen molar-refractivity contribution >= 4 is 28.8 Å². The van der Waals surface area contributed by atoms with E-state index in [4.69, 9.17) is 14.2 Å². The Labute approximate surface area is 222 Å². The minimum absolute atomic E-state index is 0.0230. The maximum absolute atomic E-state index is 13.6. The Kier molecular flexibility index (Phi) is 7.90. The lowest BCUT2D eigenvalue weighted by atomic mass is 9.94. The molecule has 1 fully saturated rings. The van der Waals surface area contributed by atoms with E-state index in [9.17, 15) is 14.7 Å². The molecule has 8 nitrogen and oxygen atoms in total. The number of aliphatic hydroxyl groups excluding tert-OH is 1. The van der Waals surface area contributed by atoms with E-state index < -0.39 is 17.7 Å². The van der Waals surface area contributed by atoms with Crippen LogP contribution in [0.4, 0.5) is 11.4 Å². The van der Waals surface area contributed by atoms with Gasteiger partial charge in [-0.15, -0.1) is 0 Å². The predicted molar refractivity (Wildman–Crippen MR) is 147 cm³/mol. The highest BCUT2D eigenvalue weighted by atomic mass is 16.5. The van der Waals surface area contributed by atoms with Crippen LogP contribution >= 0.6 is 0 Å². The van der Waals surface area contributed by atoms with Crippen LogP contribution in [0.15, 0.2) is 72.3 Å². The Hall–Kier alpha value is -4.46. The van der Waals surface area contributed by atoms with Gasteiger partial charge in [-0.1, -0.05) is 31.2 Å². The van der Waals surface area contributed by atoms with Gasteiger partial charge in [-0.25, -0.2) is 0 Å². The topological polar surface area (TPSA) is 88.5 Å². The zero-order chi connectivity index (χ0) is 27.4. The highest BCUT2D eigenvalue weighted by Gasteiger charge is 2.47. The first kappa shape index (κ1) is 26.6. The highest BCUT2D eigenvalue weighted by molar-refractivity contribution is 6.52. The van der Waals surface area contributed by atoms with E-state index in [0.29, 0.717) is 40.7 Å². The van der Waals surface area contributed by atoms with Gasteiger partial charge in [-0.05, 0) is 54.4 Å². The smallest absolute Gasteiger partial charge is 0.300 e. The fourth-order valence-corrected chi connectivity index (χ4v) is 4.48. The largest absolute Gasteiger partial charge is 0.507 e. The number of ether oxygens (including phenoxy) is 3. The maximum Gasteiger partial charge on any atom is 0.300 e. The van der Waals surface area contributed by atoms with Crippen LogP contribution in [-0.4, -0.2) is 51.7 Å². The van der Waals surface area contributed by atoms with Crippen LogP contribution in [-0.2, 0) is 9.59 Å². The van der Waals surface area contributed by atoms with Gasteiger partial charge >= 0.3 is 0 Å². The number of benzene rings is 3. The van der Waals surface area contributed by atoms with Crippen molar-refractivity contribution < 1.29 is 28.9 Å². The second kappa shape index (κ2) is 11.3. The fraction of sp³-hybridized carbons (Fsp3) is 0.267. The molecule has 4 rings (SSSR count). The molecule has 0 radical (unpaired) electrons. The van der Waals surface area contributed by atoms with E-state index in [2.05, 4.69) is 0 Å². The molecule has 1 unspecified atom stereocenters. The zero-order valence-electron chi connectivity index (χ0n) is 22.2. The molecular formula is C30H32N2O6. The minimum Gasteiger partial charge on any atom is -0.507 e. The Morgan fingerprint density at radius 3 is 2.24 bits per heavy atom. The number of nitrogens with zero attached hydrogens (tertiary/aromatic N) is 2. The SMILES string of the molecule is CCCOc1ccccc1N1C(=O)C(=O)/C(=C(\O)c2ccc(OC)c(OC)c2)C1c1ccc(N(C)C)cc1. The maximum atomic E-state index is 13.6. The molecule has 1 aliphatic heterocycles. The second-order valence-electron chi connectivity index (χ2n) is 9.04. The average Bonchev–Trinajstić information content (AvgIpc) is 3.21. The molecule has 1 aliphatic rings. The first-order valence-corrected chi connectivity index (χ1v) is 12.3. The molecular weight excluding hydrogens is 484 g/mol. The molecule has 0 spiro atoms. The molecule has 1 atom stereocenters. The van der Waals surface area contributed by atoms with Crippen molar-refractivity contribution in [1.82, 2.24) is 0 Å². The van der Waals surface area contributed by atoms with E-state index in [1.807, 2.05) is 56.3 Å². The molecule has 1 heterocycles. The molecule has 38 heavy (non-hydrogen) atoms. The van der Waals surface area contributed by atoms with Crippen molar-refractivity contribution in [3.8, 4) is 17.2 Å². The summed E-state index contributed by atoms with van der Waals surface area (Å²) in [5, 5.41) is 11.5. The Balaban J connectivity index is 1.94. The van der Waals surface area contributed by atoms with Crippen LogP contribution in [0.3, 0.4) is 0 Å². The number of carbonyl (C=O) groups excluding carboxylic acids is 2. The number of methoxy groups -OCH3 is 2. The molecule has 0 saturated carbocycles. The average molecular weight is 517 g/mol. The molecule has 0 aromatic heterocycles. The van der Waals surface area contributed by atoms with Gasteiger partial charge in [0.05, 0.1) is 38.1 Å². The van der Waals surface area contributed by atoms with Crippen LogP contribution in [0.1, 0.15) is 30.5 Å². The summed E-state index contributed by atoms with van der Waals surface area (Å²) in [5.41, 5.74) is 2.38. The number of anilines is 2. The fourth-order valence-electron chi connectivity index (χ4n) is 4.48. The monoisotopic (exact) mass is 516 g/mol. The van der Waals surface area contributed by atoms with Gasteiger partial charge in [0.2, 0.25) is 0 Å². The number of ketones is 1. The first-order chi connectivity index (χ1) is 18.3. The lowest BCUT2D eigenvalue weighted by Crippen LogP contribution is -2.30. The summed E-state index contributed by atoms with van der Waals surface area (Å²) in [6, 6.07) is 18.6. The Morgan fingerprint density at radius 1 is 0.921 bits per heavy atom. The van der Waals surface area contributed by atoms with Gasteiger partial charge in [0, 0.05) is 25.3 Å². The number of hydrogen-bond acceptors (Lipinski definition) is 7. The molecule has 0 aliphatic carbocycles.